The number of hydrogen-bond acceptors (Lipinski definition) is 3. The number of rotatable bonds is 3. The second kappa shape index (κ2) is 6.33. The van der Waals surface area contributed by atoms with Gasteiger partial charge in [-0.2, -0.15) is 0 Å². The molecule has 3 heteroatoms. The molecule has 0 amide bonds. The van der Waals surface area contributed by atoms with Crippen LogP contribution in [0.1, 0.15) is 53.9 Å². The smallest absolute Gasteiger partial charge is 0.0471 e. The van der Waals surface area contributed by atoms with E-state index in [2.05, 4.69) is 44.8 Å². The SMILES string of the molecule is CCC1CNC(C(C)(C)C)CN1CC1(C)CCOCC1. The molecule has 2 rings (SSSR count). The van der Waals surface area contributed by atoms with Gasteiger partial charge in [0.1, 0.15) is 0 Å². The second-order valence-electron chi connectivity index (χ2n) is 8.24. The van der Waals surface area contributed by atoms with Crippen LogP contribution < -0.4 is 5.32 Å². The molecule has 0 aromatic rings. The number of ether oxygens (including phenoxy) is 1. The Balaban J connectivity index is 2.01. The van der Waals surface area contributed by atoms with Gasteiger partial charge in [0, 0.05) is 44.9 Å². The summed E-state index contributed by atoms with van der Waals surface area (Å²) >= 11 is 0. The highest BCUT2D eigenvalue weighted by atomic mass is 16.5. The van der Waals surface area contributed by atoms with E-state index in [9.17, 15) is 0 Å². The Kier molecular flexibility index (Phi) is 5.14. The molecular weight excluding hydrogens is 248 g/mol. The molecule has 2 atom stereocenters. The summed E-state index contributed by atoms with van der Waals surface area (Å²) in [5, 5.41) is 3.77. The van der Waals surface area contributed by atoms with Gasteiger partial charge in [0.25, 0.3) is 0 Å². The van der Waals surface area contributed by atoms with Crippen molar-refractivity contribution >= 4 is 0 Å². The number of nitrogens with one attached hydrogen (secondary N) is 1. The number of piperazine rings is 1. The first-order valence-electron chi connectivity index (χ1n) is 8.39. The van der Waals surface area contributed by atoms with E-state index in [0.717, 1.165) is 19.8 Å². The Bertz CT molecular complexity index is 305. The van der Waals surface area contributed by atoms with Gasteiger partial charge in [-0.05, 0) is 30.1 Å². The van der Waals surface area contributed by atoms with Gasteiger partial charge in [0.05, 0.1) is 0 Å². The quantitative estimate of drug-likeness (QED) is 0.861. The zero-order valence-corrected chi connectivity index (χ0v) is 14.2. The summed E-state index contributed by atoms with van der Waals surface area (Å²) in [6.07, 6.45) is 3.68. The van der Waals surface area contributed by atoms with Crippen molar-refractivity contribution in [2.75, 3.05) is 32.8 Å². The van der Waals surface area contributed by atoms with Crippen LogP contribution in [0, 0.1) is 10.8 Å². The van der Waals surface area contributed by atoms with Crippen molar-refractivity contribution < 1.29 is 4.74 Å². The van der Waals surface area contributed by atoms with Crippen molar-refractivity contribution in [1.29, 1.82) is 0 Å². The molecule has 0 aromatic carbocycles. The van der Waals surface area contributed by atoms with Crippen molar-refractivity contribution in [3.8, 4) is 0 Å². The molecule has 2 aliphatic rings. The molecule has 0 radical (unpaired) electrons. The fourth-order valence-electron chi connectivity index (χ4n) is 3.54. The van der Waals surface area contributed by atoms with Crippen LogP contribution in [0.2, 0.25) is 0 Å². The predicted molar refractivity (Wildman–Crippen MR) is 85.1 cm³/mol. The average Bonchev–Trinajstić information content (AvgIpc) is 2.38. The summed E-state index contributed by atoms with van der Waals surface area (Å²) < 4.78 is 5.55. The third-order valence-electron chi connectivity index (χ3n) is 5.33. The van der Waals surface area contributed by atoms with E-state index in [1.807, 2.05) is 0 Å². The van der Waals surface area contributed by atoms with Gasteiger partial charge >= 0.3 is 0 Å². The standard InChI is InChI=1S/C17H34N2O/c1-6-14-11-18-15(16(2,3)4)12-19(14)13-17(5)7-9-20-10-8-17/h14-15,18H,6-13H2,1-5H3. The van der Waals surface area contributed by atoms with Gasteiger partial charge in [0.2, 0.25) is 0 Å². The van der Waals surface area contributed by atoms with E-state index >= 15 is 0 Å². The van der Waals surface area contributed by atoms with E-state index in [1.54, 1.807) is 0 Å². The summed E-state index contributed by atoms with van der Waals surface area (Å²) in [5.41, 5.74) is 0.791. The minimum atomic E-state index is 0.341. The average molecular weight is 282 g/mol. The van der Waals surface area contributed by atoms with Crippen molar-refractivity contribution in [2.45, 2.75) is 66.0 Å². The minimum Gasteiger partial charge on any atom is -0.381 e. The first-order valence-corrected chi connectivity index (χ1v) is 8.39. The summed E-state index contributed by atoms with van der Waals surface area (Å²) in [5.74, 6) is 0. The Morgan fingerprint density at radius 3 is 2.45 bits per heavy atom. The fraction of sp³-hybridized carbons (Fsp3) is 1.00. The molecule has 0 bridgehead atoms. The first kappa shape index (κ1) is 16.3. The molecular formula is C17H34N2O. The van der Waals surface area contributed by atoms with Gasteiger partial charge in [-0.25, -0.2) is 0 Å². The molecule has 118 valence electrons. The fourth-order valence-corrected chi connectivity index (χ4v) is 3.54. The van der Waals surface area contributed by atoms with Crippen LogP contribution in [-0.2, 0) is 4.74 Å². The Morgan fingerprint density at radius 1 is 1.25 bits per heavy atom. The summed E-state index contributed by atoms with van der Waals surface area (Å²) in [4.78, 5) is 2.76. The van der Waals surface area contributed by atoms with E-state index < -0.39 is 0 Å². The van der Waals surface area contributed by atoms with Crippen LogP contribution in [0.15, 0.2) is 0 Å². The minimum absolute atomic E-state index is 0.341. The molecule has 20 heavy (non-hydrogen) atoms. The maximum atomic E-state index is 5.55. The first-order chi connectivity index (χ1) is 9.34. The molecule has 0 aliphatic carbocycles. The van der Waals surface area contributed by atoms with Crippen molar-refractivity contribution in [1.82, 2.24) is 10.2 Å². The van der Waals surface area contributed by atoms with Crippen LogP contribution in [0.3, 0.4) is 0 Å². The van der Waals surface area contributed by atoms with Gasteiger partial charge in [-0.1, -0.05) is 34.6 Å². The Hall–Kier alpha value is -0.120. The highest BCUT2D eigenvalue weighted by Gasteiger charge is 2.37. The molecule has 0 saturated carbocycles. The monoisotopic (exact) mass is 282 g/mol. The zero-order valence-electron chi connectivity index (χ0n) is 14.2. The molecule has 3 nitrogen and oxygen atoms in total. The number of hydrogen-bond donors (Lipinski definition) is 1. The molecule has 2 heterocycles. The van der Waals surface area contributed by atoms with Crippen LogP contribution in [0.25, 0.3) is 0 Å². The Labute approximate surface area is 125 Å². The zero-order chi connectivity index (χ0) is 14.8. The molecule has 0 spiro atoms. The highest BCUT2D eigenvalue weighted by molar-refractivity contribution is 4.94. The largest absolute Gasteiger partial charge is 0.381 e. The van der Waals surface area contributed by atoms with Gasteiger partial charge < -0.3 is 10.1 Å². The lowest BCUT2D eigenvalue weighted by Crippen LogP contribution is -2.61. The lowest BCUT2D eigenvalue weighted by Gasteiger charge is -2.48. The third kappa shape index (κ3) is 3.96. The van der Waals surface area contributed by atoms with E-state index in [-0.39, 0.29) is 0 Å². The van der Waals surface area contributed by atoms with Crippen LogP contribution in [0.4, 0.5) is 0 Å². The van der Waals surface area contributed by atoms with Gasteiger partial charge in [-0.15, -0.1) is 0 Å². The molecule has 0 aromatic heterocycles. The summed E-state index contributed by atoms with van der Waals surface area (Å²) in [7, 11) is 0. The molecule has 2 aliphatic heterocycles. The molecule has 2 saturated heterocycles. The summed E-state index contributed by atoms with van der Waals surface area (Å²) in [6, 6.07) is 1.31. The maximum absolute atomic E-state index is 5.55. The summed E-state index contributed by atoms with van der Waals surface area (Å²) in [6.45, 7) is 17.3. The normalized spacial score (nSPS) is 32.2. The van der Waals surface area contributed by atoms with E-state index in [1.165, 1.54) is 32.4 Å². The molecule has 2 unspecified atom stereocenters. The number of nitrogens with zero attached hydrogens (tertiary/aromatic N) is 1. The van der Waals surface area contributed by atoms with Crippen LogP contribution in [-0.4, -0.2) is 49.8 Å². The third-order valence-corrected chi connectivity index (χ3v) is 5.33. The topological polar surface area (TPSA) is 24.5 Å². The molecule has 1 N–H and O–H groups in total. The Morgan fingerprint density at radius 2 is 1.90 bits per heavy atom. The highest BCUT2D eigenvalue weighted by Crippen LogP contribution is 2.33. The van der Waals surface area contributed by atoms with Crippen molar-refractivity contribution in [3.05, 3.63) is 0 Å². The van der Waals surface area contributed by atoms with Crippen LogP contribution in [0.5, 0.6) is 0 Å². The van der Waals surface area contributed by atoms with Gasteiger partial charge in [-0.3, -0.25) is 4.90 Å². The second-order valence-corrected chi connectivity index (χ2v) is 8.24. The maximum Gasteiger partial charge on any atom is 0.0471 e. The predicted octanol–water partition coefficient (Wildman–Crippen LogP) is 2.90. The van der Waals surface area contributed by atoms with E-state index in [4.69, 9.17) is 4.74 Å². The van der Waals surface area contributed by atoms with Crippen molar-refractivity contribution in [2.24, 2.45) is 10.8 Å². The van der Waals surface area contributed by atoms with Crippen molar-refractivity contribution in [3.63, 3.8) is 0 Å². The van der Waals surface area contributed by atoms with E-state index in [0.29, 0.717) is 22.9 Å². The lowest BCUT2D eigenvalue weighted by atomic mass is 9.79. The molecule has 2 fully saturated rings. The van der Waals surface area contributed by atoms with Gasteiger partial charge in [0.15, 0.2) is 0 Å². The van der Waals surface area contributed by atoms with Crippen LogP contribution >= 0.6 is 0 Å². The lowest BCUT2D eigenvalue weighted by molar-refractivity contribution is -0.0171.